The average Bonchev–Trinajstić information content (AvgIpc) is 3.33. The summed E-state index contributed by atoms with van der Waals surface area (Å²) in [4.78, 5) is 25.5. The lowest BCUT2D eigenvalue weighted by Gasteiger charge is -2.33. The summed E-state index contributed by atoms with van der Waals surface area (Å²) in [5.41, 5.74) is 7.64. The van der Waals surface area contributed by atoms with Crippen LogP contribution in [0.15, 0.2) is 42.7 Å². The van der Waals surface area contributed by atoms with Gasteiger partial charge >= 0.3 is 0 Å². The van der Waals surface area contributed by atoms with E-state index in [1.54, 1.807) is 24.5 Å². The number of aromatic nitrogens is 2. The number of piperidine rings is 1. The van der Waals surface area contributed by atoms with Crippen molar-refractivity contribution in [2.24, 2.45) is 5.92 Å². The van der Waals surface area contributed by atoms with Gasteiger partial charge in [-0.05, 0) is 55.9 Å². The van der Waals surface area contributed by atoms with Crippen LogP contribution < -0.4 is 15.8 Å². The molecule has 2 aliphatic rings. The predicted molar refractivity (Wildman–Crippen MR) is 127 cm³/mol. The first-order valence-corrected chi connectivity index (χ1v) is 12.1. The molecule has 0 radical (unpaired) electrons. The Morgan fingerprint density at radius 1 is 1.12 bits per heavy atom. The summed E-state index contributed by atoms with van der Waals surface area (Å²) in [6.07, 6.45) is 10.5. The summed E-state index contributed by atoms with van der Waals surface area (Å²) in [6.45, 7) is 2.46. The number of benzene rings is 1. The summed E-state index contributed by atoms with van der Waals surface area (Å²) >= 11 is 0. The van der Waals surface area contributed by atoms with Gasteiger partial charge < -0.3 is 9.80 Å². The van der Waals surface area contributed by atoms with Crippen molar-refractivity contribution < 1.29 is 9.18 Å². The van der Waals surface area contributed by atoms with Crippen molar-refractivity contribution in [1.29, 1.82) is 0 Å². The van der Waals surface area contributed by atoms with Crippen LogP contribution in [-0.4, -0.2) is 53.5 Å². The number of carbonyl (C=O) groups is 1. The Bertz CT molecular complexity index is 889. The van der Waals surface area contributed by atoms with E-state index in [2.05, 4.69) is 25.7 Å². The number of hydrogen-bond donors (Lipinski definition) is 2. The lowest BCUT2D eigenvalue weighted by atomic mass is 9.95. The summed E-state index contributed by atoms with van der Waals surface area (Å²) in [5, 5.41) is 0. The third-order valence-corrected chi connectivity index (χ3v) is 6.83. The van der Waals surface area contributed by atoms with Crippen molar-refractivity contribution in [2.45, 2.75) is 57.0 Å². The molecule has 2 aliphatic heterocycles. The van der Waals surface area contributed by atoms with Gasteiger partial charge in [-0.2, -0.15) is 0 Å². The molecule has 1 amide bonds. The Morgan fingerprint density at radius 2 is 1.91 bits per heavy atom. The Labute approximate surface area is 195 Å². The Morgan fingerprint density at radius 3 is 2.67 bits per heavy atom. The molecule has 2 atom stereocenters. The molecular formula is C25H35FN6O. The van der Waals surface area contributed by atoms with E-state index < -0.39 is 0 Å². The normalized spacial score (nSPS) is 21.3. The summed E-state index contributed by atoms with van der Waals surface area (Å²) in [7, 11) is 1.93. The minimum atomic E-state index is -0.188. The van der Waals surface area contributed by atoms with Crippen LogP contribution in [-0.2, 0) is 4.79 Å². The first-order valence-electron chi connectivity index (χ1n) is 12.1. The zero-order chi connectivity index (χ0) is 23.0. The molecule has 0 bridgehead atoms. The molecule has 1 aromatic heterocycles. The molecule has 2 aromatic rings. The lowest BCUT2D eigenvalue weighted by molar-refractivity contribution is -0.134. The molecule has 1 aromatic carbocycles. The molecule has 4 rings (SSSR count). The predicted octanol–water partition coefficient (Wildman–Crippen LogP) is 3.46. The maximum Gasteiger partial charge on any atom is 0.225 e. The molecule has 178 valence electrons. The van der Waals surface area contributed by atoms with Crippen LogP contribution in [0.4, 0.5) is 10.3 Å². The number of hydrazine groups is 1. The summed E-state index contributed by atoms with van der Waals surface area (Å²) < 4.78 is 13.5. The quantitative estimate of drug-likeness (QED) is 0.566. The Balaban J connectivity index is 1.09. The molecule has 3 heterocycles. The minimum Gasteiger partial charge on any atom is -0.346 e. The first-order chi connectivity index (χ1) is 16.1. The van der Waals surface area contributed by atoms with E-state index in [-0.39, 0.29) is 23.7 Å². The van der Waals surface area contributed by atoms with Crippen molar-refractivity contribution in [3.05, 3.63) is 54.1 Å². The fourth-order valence-electron chi connectivity index (χ4n) is 4.87. The Hall–Kier alpha value is -2.58. The maximum absolute atomic E-state index is 13.5. The standard InChI is InChI=1S/C25H35FN6O/c1-31(24(33)19-10-15-32(16-11-19)25-27-12-6-13-28-25)14-4-2-3-9-22-18-23(30-29-22)20-7-5-8-21(26)17-20/h5-8,12-13,17,19,22-23,29-30H,2-4,9-11,14-16,18H2,1H3. The van der Waals surface area contributed by atoms with Crippen LogP contribution in [0.5, 0.6) is 0 Å². The molecular weight excluding hydrogens is 419 g/mol. The molecule has 33 heavy (non-hydrogen) atoms. The van der Waals surface area contributed by atoms with Crippen molar-refractivity contribution >= 4 is 11.9 Å². The van der Waals surface area contributed by atoms with Gasteiger partial charge in [-0.25, -0.2) is 14.4 Å². The van der Waals surface area contributed by atoms with Crippen LogP contribution in [0.2, 0.25) is 0 Å². The summed E-state index contributed by atoms with van der Waals surface area (Å²) in [5.74, 6) is 0.935. The van der Waals surface area contributed by atoms with Crippen molar-refractivity contribution in [3.8, 4) is 0 Å². The summed E-state index contributed by atoms with van der Waals surface area (Å²) in [6, 6.07) is 9.20. The highest BCUT2D eigenvalue weighted by Gasteiger charge is 2.28. The fraction of sp³-hybridized carbons (Fsp3) is 0.560. The molecule has 0 saturated carbocycles. The Kier molecular flexibility index (Phi) is 8.23. The molecule has 0 aliphatic carbocycles. The van der Waals surface area contributed by atoms with Gasteiger partial charge in [-0.15, -0.1) is 0 Å². The van der Waals surface area contributed by atoms with E-state index in [4.69, 9.17) is 0 Å². The third-order valence-electron chi connectivity index (χ3n) is 6.83. The van der Waals surface area contributed by atoms with Crippen LogP contribution in [0.25, 0.3) is 0 Å². The van der Waals surface area contributed by atoms with E-state index in [1.165, 1.54) is 6.07 Å². The maximum atomic E-state index is 13.5. The van der Waals surface area contributed by atoms with E-state index in [1.807, 2.05) is 24.1 Å². The van der Waals surface area contributed by atoms with Crippen LogP contribution in [0.1, 0.15) is 56.6 Å². The number of nitrogens with one attached hydrogen (secondary N) is 2. The molecule has 8 heteroatoms. The molecule has 2 unspecified atom stereocenters. The number of halogens is 1. The number of carbonyl (C=O) groups excluding carboxylic acids is 1. The second-order valence-corrected chi connectivity index (χ2v) is 9.25. The number of anilines is 1. The second-order valence-electron chi connectivity index (χ2n) is 9.25. The van der Waals surface area contributed by atoms with Crippen LogP contribution in [0.3, 0.4) is 0 Å². The van der Waals surface area contributed by atoms with Crippen molar-refractivity contribution in [1.82, 2.24) is 25.7 Å². The minimum absolute atomic E-state index is 0.100. The van der Waals surface area contributed by atoms with E-state index in [0.29, 0.717) is 6.04 Å². The molecule has 0 spiro atoms. The van der Waals surface area contributed by atoms with Crippen LogP contribution in [0, 0.1) is 11.7 Å². The van der Waals surface area contributed by atoms with E-state index in [9.17, 15) is 9.18 Å². The third kappa shape index (κ3) is 6.48. The topological polar surface area (TPSA) is 73.4 Å². The highest BCUT2D eigenvalue weighted by Crippen LogP contribution is 2.25. The van der Waals surface area contributed by atoms with Gasteiger partial charge in [-0.1, -0.05) is 25.0 Å². The number of unbranched alkanes of at least 4 members (excludes halogenated alkanes) is 2. The van der Waals surface area contributed by atoms with Crippen molar-refractivity contribution in [2.75, 3.05) is 31.6 Å². The van der Waals surface area contributed by atoms with Gasteiger partial charge in [0.25, 0.3) is 0 Å². The molecule has 2 saturated heterocycles. The number of hydrogen-bond acceptors (Lipinski definition) is 6. The smallest absolute Gasteiger partial charge is 0.225 e. The SMILES string of the molecule is CN(CCCCCC1CC(c2cccc(F)c2)NN1)C(=O)C1CCN(c2ncccn2)CC1. The van der Waals surface area contributed by atoms with Gasteiger partial charge in [-0.3, -0.25) is 15.6 Å². The number of nitrogens with zero attached hydrogens (tertiary/aromatic N) is 4. The van der Waals surface area contributed by atoms with Gasteiger partial charge in [0.05, 0.1) is 0 Å². The second kappa shape index (κ2) is 11.5. The zero-order valence-electron chi connectivity index (χ0n) is 19.4. The highest BCUT2D eigenvalue weighted by atomic mass is 19.1. The van der Waals surface area contributed by atoms with E-state index >= 15 is 0 Å². The molecule has 2 N–H and O–H groups in total. The zero-order valence-corrected chi connectivity index (χ0v) is 19.4. The average molecular weight is 455 g/mol. The number of rotatable bonds is 9. The van der Waals surface area contributed by atoms with E-state index in [0.717, 1.165) is 76.1 Å². The van der Waals surface area contributed by atoms with Gasteiger partial charge in [0.1, 0.15) is 5.82 Å². The van der Waals surface area contributed by atoms with Gasteiger partial charge in [0.15, 0.2) is 0 Å². The largest absolute Gasteiger partial charge is 0.346 e. The lowest BCUT2D eigenvalue weighted by Crippen LogP contribution is -2.42. The van der Waals surface area contributed by atoms with Crippen molar-refractivity contribution in [3.63, 3.8) is 0 Å². The fourth-order valence-corrected chi connectivity index (χ4v) is 4.87. The van der Waals surface area contributed by atoms with Crippen LogP contribution >= 0.6 is 0 Å². The monoisotopic (exact) mass is 454 g/mol. The molecule has 2 fully saturated rings. The highest BCUT2D eigenvalue weighted by molar-refractivity contribution is 5.78. The van der Waals surface area contributed by atoms with Gasteiger partial charge in [0.2, 0.25) is 11.9 Å². The number of amides is 1. The first kappa shape index (κ1) is 23.6. The molecule has 7 nitrogen and oxygen atoms in total. The van der Waals surface area contributed by atoms with Gasteiger partial charge in [0, 0.05) is 57.1 Å².